The van der Waals surface area contributed by atoms with E-state index in [1.807, 2.05) is 0 Å². The molecule has 19 heavy (non-hydrogen) atoms. The third-order valence-corrected chi connectivity index (χ3v) is 4.37. The van der Waals surface area contributed by atoms with E-state index < -0.39 is 0 Å². The highest BCUT2D eigenvalue weighted by molar-refractivity contribution is 5.25. The minimum Gasteiger partial charge on any atom is -0.377 e. The van der Waals surface area contributed by atoms with Crippen LogP contribution in [0.4, 0.5) is 0 Å². The summed E-state index contributed by atoms with van der Waals surface area (Å²) < 4.78 is 5.82. The Kier molecular flexibility index (Phi) is 4.19. The van der Waals surface area contributed by atoms with Crippen molar-refractivity contribution in [3.63, 3.8) is 0 Å². The molecule has 1 heterocycles. The first kappa shape index (κ1) is 13.1. The van der Waals surface area contributed by atoms with Gasteiger partial charge in [-0.25, -0.2) is 0 Å². The normalized spacial score (nSPS) is 25.2. The van der Waals surface area contributed by atoms with Crippen LogP contribution in [0.25, 0.3) is 0 Å². The molecule has 1 aromatic carbocycles. The molecule has 1 saturated carbocycles. The molecule has 2 heteroatoms. The lowest BCUT2D eigenvalue weighted by Crippen LogP contribution is -2.34. The van der Waals surface area contributed by atoms with Gasteiger partial charge in [-0.05, 0) is 50.5 Å². The Labute approximate surface area is 116 Å². The molecule has 2 aliphatic rings. The van der Waals surface area contributed by atoms with Crippen LogP contribution in [-0.4, -0.2) is 19.3 Å². The maximum absolute atomic E-state index is 5.82. The second kappa shape index (κ2) is 6.06. The SMILES string of the molecule is Cc1ccc(C(NCC2CCCCO2)C2CC2)cc1. The number of aryl methyl sites for hydroxylation is 1. The largest absolute Gasteiger partial charge is 0.377 e. The molecule has 0 aromatic heterocycles. The fraction of sp³-hybridized carbons (Fsp3) is 0.647. The van der Waals surface area contributed by atoms with Crippen LogP contribution < -0.4 is 5.32 Å². The molecule has 2 atom stereocenters. The van der Waals surface area contributed by atoms with Gasteiger partial charge in [0.05, 0.1) is 6.10 Å². The van der Waals surface area contributed by atoms with Gasteiger partial charge >= 0.3 is 0 Å². The molecule has 1 aliphatic carbocycles. The quantitative estimate of drug-likeness (QED) is 0.872. The topological polar surface area (TPSA) is 21.3 Å². The molecule has 2 unspecified atom stereocenters. The van der Waals surface area contributed by atoms with Crippen molar-refractivity contribution >= 4 is 0 Å². The molecule has 3 rings (SSSR count). The van der Waals surface area contributed by atoms with Crippen molar-refractivity contribution in [1.82, 2.24) is 5.32 Å². The monoisotopic (exact) mass is 259 g/mol. The summed E-state index contributed by atoms with van der Waals surface area (Å²) in [5.41, 5.74) is 2.79. The zero-order valence-electron chi connectivity index (χ0n) is 11.9. The number of ether oxygens (including phenoxy) is 1. The standard InChI is InChI=1S/C17H25NO/c1-13-5-7-14(8-6-13)17(15-9-10-15)18-12-16-4-2-3-11-19-16/h5-8,15-18H,2-4,9-12H2,1H3. The molecule has 0 bridgehead atoms. The first-order valence-electron chi connectivity index (χ1n) is 7.74. The molecule has 104 valence electrons. The van der Waals surface area contributed by atoms with E-state index in [9.17, 15) is 0 Å². The van der Waals surface area contributed by atoms with E-state index >= 15 is 0 Å². The van der Waals surface area contributed by atoms with Crippen molar-refractivity contribution in [3.8, 4) is 0 Å². The lowest BCUT2D eigenvalue weighted by atomic mass is 10.0. The Balaban J connectivity index is 1.59. The predicted molar refractivity (Wildman–Crippen MR) is 78.2 cm³/mol. The Morgan fingerprint density at radius 1 is 1.16 bits per heavy atom. The Hall–Kier alpha value is -0.860. The third-order valence-electron chi connectivity index (χ3n) is 4.37. The Bertz CT molecular complexity index is 390. The summed E-state index contributed by atoms with van der Waals surface area (Å²) in [4.78, 5) is 0. The van der Waals surface area contributed by atoms with Gasteiger partial charge in [0.1, 0.15) is 0 Å². The molecule has 0 radical (unpaired) electrons. The summed E-state index contributed by atoms with van der Waals surface area (Å²) in [6.45, 7) is 4.11. The maximum atomic E-state index is 5.82. The van der Waals surface area contributed by atoms with Crippen LogP contribution in [0.5, 0.6) is 0 Å². The van der Waals surface area contributed by atoms with Crippen LogP contribution in [0.15, 0.2) is 24.3 Å². The molecule has 2 fully saturated rings. The minimum atomic E-state index is 0.431. The van der Waals surface area contributed by atoms with Crippen LogP contribution >= 0.6 is 0 Å². The van der Waals surface area contributed by atoms with Gasteiger partial charge in [0, 0.05) is 19.2 Å². The van der Waals surface area contributed by atoms with E-state index in [4.69, 9.17) is 4.74 Å². The molecular weight excluding hydrogens is 234 g/mol. The van der Waals surface area contributed by atoms with E-state index in [0.29, 0.717) is 12.1 Å². The zero-order chi connectivity index (χ0) is 13.1. The van der Waals surface area contributed by atoms with E-state index in [-0.39, 0.29) is 0 Å². The second-order valence-corrected chi connectivity index (χ2v) is 6.12. The van der Waals surface area contributed by atoms with Gasteiger partial charge in [-0.15, -0.1) is 0 Å². The van der Waals surface area contributed by atoms with Crippen molar-refractivity contribution < 1.29 is 4.74 Å². The maximum Gasteiger partial charge on any atom is 0.0699 e. The van der Waals surface area contributed by atoms with Crippen LogP contribution in [0.1, 0.15) is 49.3 Å². The molecule has 1 aromatic rings. The summed E-state index contributed by atoms with van der Waals surface area (Å²) in [7, 11) is 0. The predicted octanol–water partition coefficient (Wildman–Crippen LogP) is 3.60. The number of hydrogen-bond donors (Lipinski definition) is 1. The lowest BCUT2D eigenvalue weighted by molar-refractivity contribution is 0.0149. The molecule has 1 saturated heterocycles. The minimum absolute atomic E-state index is 0.431. The first-order valence-corrected chi connectivity index (χ1v) is 7.74. The first-order chi connectivity index (χ1) is 9.33. The molecule has 0 amide bonds. The molecule has 2 nitrogen and oxygen atoms in total. The highest BCUT2D eigenvalue weighted by Crippen LogP contribution is 2.41. The van der Waals surface area contributed by atoms with Gasteiger partial charge in [0.2, 0.25) is 0 Å². The van der Waals surface area contributed by atoms with E-state index in [0.717, 1.165) is 19.1 Å². The number of hydrogen-bond acceptors (Lipinski definition) is 2. The van der Waals surface area contributed by atoms with Crippen LogP contribution in [0.2, 0.25) is 0 Å². The van der Waals surface area contributed by atoms with Crippen molar-refractivity contribution in [3.05, 3.63) is 35.4 Å². The summed E-state index contributed by atoms with van der Waals surface area (Å²) in [5.74, 6) is 0.839. The Morgan fingerprint density at radius 2 is 1.95 bits per heavy atom. The van der Waals surface area contributed by atoms with Crippen LogP contribution in [-0.2, 0) is 4.74 Å². The van der Waals surface area contributed by atoms with E-state index in [2.05, 4.69) is 36.5 Å². The number of nitrogens with one attached hydrogen (secondary N) is 1. The Morgan fingerprint density at radius 3 is 2.58 bits per heavy atom. The van der Waals surface area contributed by atoms with Gasteiger partial charge < -0.3 is 10.1 Å². The fourth-order valence-electron chi connectivity index (χ4n) is 2.99. The molecule has 1 aliphatic heterocycles. The summed E-state index contributed by atoms with van der Waals surface area (Å²) in [6, 6.07) is 9.55. The van der Waals surface area contributed by atoms with E-state index in [1.54, 1.807) is 0 Å². The number of rotatable bonds is 5. The third kappa shape index (κ3) is 3.58. The zero-order valence-corrected chi connectivity index (χ0v) is 11.9. The summed E-state index contributed by atoms with van der Waals surface area (Å²) in [6.07, 6.45) is 6.96. The van der Waals surface area contributed by atoms with Gasteiger partial charge in [-0.3, -0.25) is 0 Å². The van der Waals surface area contributed by atoms with Crippen molar-refractivity contribution in [2.45, 2.75) is 51.2 Å². The molecule has 1 N–H and O–H groups in total. The smallest absolute Gasteiger partial charge is 0.0699 e. The van der Waals surface area contributed by atoms with Gasteiger partial charge in [0.25, 0.3) is 0 Å². The number of benzene rings is 1. The second-order valence-electron chi connectivity index (χ2n) is 6.12. The lowest BCUT2D eigenvalue weighted by Gasteiger charge is -2.26. The van der Waals surface area contributed by atoms with Crippen LogP contribution in [0, 0.1) is 12.8 Å². The van der Waals surface area contributed by atoms with Gasteiger partial charge in [-0.1, -0.05) is 29.8 Å². The summed E-state index contributed by atoms with van der Waals surface area (Å²) in [5, 5.41) is 3.76. The fourth-order valence-corrected chi connectivity index (χ4v) is 2.99. The van der Waals surface area contributed by atoms with Crippen molar-refractivity contribution in [1.29, 1.82) is 0 Å². The van der Waals surface area contributed by atoms with Crippen molar-refractivity contribution in [2.75, 3.05) is 13.2 Å². The average molecular weight is 259 g/mol. The van der Waals surface area contributed by atoms with Crippen molar-refractivity contribution in [2.24, 2.45) is 5.92 Å². The average Bonchev–Trinajstić information content (AvgIpc) is 3.27. The van der Waals surface area contributed by atoms with E-state index in [1.165, 1.54) is 43.2 Å². The molecule has 0 spiro atoms. The highest BCUT2D eigenvalue weighted by atomic mass is 16.5. The van der Waals surface area contributed by atoms with Crippen LogP contribution in [0.3, 0.4) is 0 Å². The summed E-state index contributed by atoms with van der Waals surface area (Å²) >= 11 is 0. The van der Waals surface area contributed by atoms with Gasteiger partial charge in [-0.2, -0.15) is 0 Å². The van der Waals surface area contributed by atoms with Gasteiger partial charge in [0.15, 0.2) is 0 Å². The molecular formula is C17H25NO. The highest BCUT2D eigenvalue weighted by Gasteiger charge is 2.32.